The van der Waals surface area contributed by atoms with Crippen molar-refractivity contribution in [2.24, 2.45) is 0 Å². The summed E-state index contributed by atoms with van der Waals surface area (Å²) in [6, 6.07) is 0. The summed E-state index contributed by atoms with van der Waals surface area (Å²) >= 11 is 0. The SMILES string of the molecule is CCC(CC)c1nc2c([nH]1)CCC2C(=O)O. The fourth-order valence-corrected chi connectivity index (χ4v) is 2.46. The lowest BCUT2D eigenvalue weighted by atomic mass is 10.0. The normalized spacial score (nSPS) is 19.1. The summed E-state index contributed by atoms with van der Waals surface area (Å²) in [6.45, 7) is 4.27. The Morgan fingerprint density at radius 3 is 2.81 bits per heavy atom. The Morgan fingerprint density at radius 1 is 1.56 bits per heavy atom. The van der Waals surface area contributed by atoms with E-state index in [1.54, 1.807) is 0 Å². The van der Waals surface area contributed by atoms with Gasteiger partial charge in [-0.25, -0.2) is 4.98 Å². The third-order valence-corrected chi connectivity index (χ3v) is 3.51. The molecule has 0 aliphatic heterocycles. The van der Waals surface area contributed by atoms with Crippen LogP contribution in [0.2, 0.25) is 0 Å². The largest absolute Gasteiger partial charge is 0.481 e. The molecule has 1 heterocycles. The van der Waals surface area contributed by atoms with Gasteiger partial charge in [0.25, 0.3) is 0 Å². The van der Waals surface area contributed by atoms with Crippen LogP contribution in [0.4, 0.5) is 0 Å². The second kappa shape index (κ2) is 4.28. The summed E-state index contributed by atoms with van der Waals surface area (Å²) in [6.07, 6.45) is 3.59. The highest BCUT2D eigenvalue weighted by atomic mass is 16.4. The van der Waals surface area contributed by atoms with Crippen molar-refractivity contribution in [1.82, 2.24) is 9.97 Å². The van der Waals surface area contributed by atoms with Crippen molar-refractivity contribution in [3.05, 3.63) is 17.2 Å². The number of carbonyl (C=O) groups is 1. The van der Waals surface area contributed by atoms with Gasteiger partial charge in [0.1, 0.15) is 11.7 Å². The van der Waals surface area contributed by atoms with Crippen LogP contribution in [0.1, 0.15) is 62.2 Å². The average molecular weight is 222 g/mol. The van der Waals surface area contributed by atoms with Crippen LogP contribution in [-0.2, 0) is 11.2 Å². The predicted molar refractivity (Wildman–Crippen MR) is 60.6 cm³/mol. The molecule has 88 valence electrons. The monoisotopic (exact) mass is 222 g/mol. The molecule has 1 aliphatic rings. The van der Waals surface area contributed by atoms with Crippen LogP contribution in [0.15, 0.2) is 0 Å². The van der Waals surface area contributed by atoms with E-state index in [0.29, 0.717) is 12.3 Å². The molecule has 1 aromatic rings. The number of nitrogens with one attached hydrogen (secondary N) is 1. The molecule has 1 unspecified atom stereocenters. The van der Waals surface area contributed by atoms with Crippen molar-refractivity contribution in [2.45, 2.75) is 51.4 Å². The van der Waals surface area contributed by atoms with E-state index in [2.05, 4.69) is 23.8 Å². The molecule has 2 rings (SSSR count). The molecule has 2 N–H and O–H groups in total. The van der Waals surface area contributed by atoms with Gasteiger partial charge in [0.15, 0.2) is 0 Å². The van der Waals surface area contributed by atoms with Gasteiger partial charge in [-0.1, -0.05) is 13.8 Å². The predicted octanol–water partition coefficient (Wildman–Crippen LogP) is 2.43. The highest BCUT2D eigenvalue weighted by molar-refractivity contribution is 5.76. The maximum atomic E-state index is 11.0. The molecule has 1 aromatic heterocycles. The first-order valence-electron chi connectivity index (χ1n) is 5.98. The number of hydrogen-bond acceptors (Lipinski definition) is 2. The second-order valence-electron chi connectivity index (χ2n) is 4.43. The second-order valence-corrected chi connectivity index (χ2v) is 4.43. The van der Waals surface area contributed by atoms with Gasteiger partial charge in [-0.2, -0.15) is 0 Å². The Balaban J connectivity index is 2.28. The number of nitrogens with zero attached hydrogens (tertiary/aromatic N) is 1. The van der Waals surface area contributed by atoms with Crippen LogP contribution in [0.25, 0.3) is 0 Å². The van der Waals surface area contributed by atoms with E-state index in [1.807, 2.05) is 0 Å². The molecule has 1 atom stereocenters. The fourth-order valence-electron chi connectivity index (χ4n) is 2.46. The van der Waals surface area contributed by atoms with Gasteiger partial charge in [0.2, 0.25) is 0 Å². The molecule has 0 aromatic carbocycles. The minimum Gasteiger partial charge on any atom is -0.481 e. The molecule has 0 amide bonds. The number of hydrogen-bond donors (Lipinski definition) is 2. The zero-order valence-corrected chi connectivity index (χ0v) is 9.79. The first-order chi connectivity index (χ1) is 7.67. The van der Waals surface area contributed by atoms with Crippen molar-refractivity contribution in [3.63, 3.8) is 0 Å². The maximum absolute atomic E-state index is 11.0. The Bertz CT molecular complexity index is 394. The fraction of sp³-hybridized carbons (Fsp3) is 0.667. The smallest absolute Gasteiger partial charge is 0.312 e. The van der Waals surface area contributed by atoms with E-state index < -0.39 is 11.9 Å². The third kappa shape index (κ3) is 1.72. The zero-order valence-electron chi connectivity index (χ0n) is 9.79. The molecule has 4 nitrogen and oxygen atoms in total. The molecule has 4 heteroatoms. The van der Waals surface area contributed by atoms with E-state index in [-0.39, 0.29) is 0 Å². The molecule has 0 fully saturated rings. The number of carboxylic acids is 1. The molecule has 16 heavy (non-hydrogen) atoms. The summed E-state index contributed by atoms with van der Waals surface area (Å²) in [5, 5.41) is 9.07. The number of fused-ring (bicyclic) bond motifs is 1. The number of carboxylic acid groups (broad SMARTS) is 1. The molecular formula is C12H18N2O2. The maximum Gasteiger partial charge on any atom is 0.312 e. The van der Waals surface area contributed by atoms with Crippen molar-refractivity contribution >= 4 is 5.97 Å². The Kier molecular flexibility index (Phi) is 2.99. The molecule has 0 radical (unpaired) electrons. The molecule has 0 saturated heterocycles. The first-order valence-corrected chi connectivity index (χ1v) is 5.98. The van der Waals surface area contributed by atoms with Gasteiger partial charge in [-0.15, -0.1) is 0 Å². The average Bonchev–Trinajstić information content (AvgIpc) is 2.78. The van der Waals surface area contributed by atoms with E-state index in [1.165, 1.54) is 0 Å². The number of aliphatic carboxylic acids is 1. The molecule has 1 aliphatic carbocycles. The standard InChI is InChI=1S/C12H18N2O2/c1-3-7(4-2)11-13-9-6-5-8(12(15)16)10(9)14-11/h7-8H,3-6H2,1-2H3,(H,13,14)(H,15,16). The molecule has 0 bridgehead atoms. The summed E-state index contributed by atoms with van der Waals surface area (Å²) in [4.78, 5) is 18.8. The molecular weight excluding hydrogens is 204 g/mol. The summed E-state index contributed by atoms with van der Waals surface area (Å²) in [5.41, 5.74) is 1.81. The summed E-state index contributed by atoms with van der Waals surface area (Å²) < 4.78 is 0. The summed E-state index contributed by atoms with van der Waals surface area (Å²) in [5.74, 6) is 0.261. The van der Waals surface area contributed by atoms with Gasteiger partial charge in [-0.05, 0) is 25.7 Å². The van der Waals surface area contributed by atoms with Crippen LogP contribution < -0.4 is 0 Å². The number of aryl methyl sites for hydroxylation is 1. The minimum atomic E-state index is -0.749. The number of aromatic amines is 1. The van der Waals surface area contributed by atoms with Crippen molar-refractivity contribution < 1.29 is 9.90 Å². The van der Waals surface area contributed by atoms with Crippen LogP contribution in [0, 0.1) is 0 Å². The summed E-state index contributed by atoms with van der Waals surface area (Å²) in [7, 11) is 0. The van der Waals surface area contributed by atoms with E-state index in [9.17, 15) is 4.79 Å². The highest BCUT2D eigenvalue weighted by Gasteiger charge is 2.32. The van der Waals surface area contributed by atoms with Gasteiger partial charge in [-0.3, -0.25) is 4.79 Å². The molecule has 0 saturated carbocycles. The van der Waals surface area contributed by atoms with Gasteiger partial charge >= 0.3 is 5.97 Å². The van der Waals surface area contributed by atoms with E-state index in [4.69, 9.17) is 5.11 Å². The lowest BCUT2D eigenvalue weighted by molar-refractivity contribution is -0.138. The lowest BCUT2D eigenvalue weighted by Gasteiger charge is -2.09. The zero-order chi connectivity index (χ0) is 11.7. The van der Waals surface area contributed by atoms with Crippen LogP contribution in [0.5, 0.6) is 0 Å². The van der Waals surface area contributed by atoms with Crippen LogP contribution in [0.3, 0.4) is 0 Å². The van der Waals surface area contributed by atoms with Crippen molar-refractivity contribution in [1.29, 1.82) is 0 Å². The number of H-pyrrole nitrogens is 1. The van der Waals surface area contributed by atoms with Crippen molar-refractivity contribution in [2.75, 3.05) is 0 Å². The number of aromatic nitrogens is 2. The number of imidazole rings is 1. The van der Waals surface area contributed by atoms with E-state index >= 15 is 0 Å². The lowest BCUT2D eigenvalue weighted by Crippen LogP contribution is -2.09. The highest BCUT2D eigenvalue weighted by Crippen LogP contribution is 2.33. The quantitative estimate of drug-likeness (QED) is 0.822. The van der Waals surface area contributed by atoms with Gasteiger partial charge in [0, 0.05) is 11.6 Å². The minimum absolute atomic E-state index is 0.394. The third-order valence-electron chi connectivity index (χ3n) is 3.51. The van der Waals surface area contributed by atoms with Gasteiger partial charge < -0.3 is 10.1 Å². The van der Waals surface area contributed by atoms with Crippen LogP contribution >= 0.6 is 0 Å². The van der Waals surface area contributed by atoms with E-state index in [0.717, 1.165) is 36.5 Å². The van der Waals surface area contributed by atoms with Gasteiger partial charge in [0.05, 0.1) is 5.69 Å². The first kappa shape index (κ1) is 11.2. The Morgan fingerprint density at radius 2 is 2.25 bits per heavy atom. The van der Waals surface area contributed by atoms with Crippen LogP contribution in [-0.4, -0.2) is 21.0 Å². The number of rotatable bonds is 4. The Labute approximate surface area is 95.1 Å². The topological polar surface area (TPSA) is 66.0 Å². The molecule has 0 spiro atoms. The van der Waals surface area contributed by atoms with Crippen molar-refractivity contribution in [3.8, 4) is 0 Å². The Hall–Kier alpha value is -1.32.